The van der Waals surface area contributed by atoms with Gasteiger partial charge in [0.25, 0.3) is 5.91 Å². The fourth-order valence-electron chi connectivity index (χ4n) is 3.90. The monoisotopic (exact) mass is 386 g/mol. The number of carbonyl (C=O) groups is 4. The van der Waals surface area contributed by atoms with Gasteiger partial charge in [-0.25, -0.2) is 4.79 Å². The van der Waals surface area contributed by atoms with Crippen LogP contribution in [0, 0.1) is 5.41 Å². The number of hydrogen-bond donors (Lipinski definition) is 1. The maximum atomic E-state index is 13.0. The Labute approximate surface area is 163 Å². The van der Waals surface area contributed by atoms with Crippen molar-refractivity contribution in [1.29, 1.82) is 0 Å². The predicted molar refractivity (Wildman–Crippen MR) is 97.5 cm³/mol. The number of urea groups is 1. The molecule has 28 heavy (non-hydrogen) atoms. The highest BCUT2D eigenvalue weighted by atomic mass is 16.4. The van der Waals surface area contributed by atoms with Gasteiger partial charge in [0.2, 0.25) is 5.91 Å². The van der Waals surface area contributed by atoms with E-state index in [2.05, 4.69) is 5.32 Å². The van der Waals surface area contributed by atoms with Crippen molar-refractivity contribution in [3.8, 4) is 0 Å². The smallest absolute Gasteiger partial charge is 0.324 e. The van der Waals surface area contributed by atoms with Crippen LogP contribution in [0.3, 0.4) is 0 Å². The molecule has 2 aliphatic rings. The summed E-state index contributed by atoms with van der Waals surface area (Å²) in [6.07, 6.45) is 0.240. The van der Waals surface area contributed by atoms with Gasteiger partial charge in [0.15, 0.2) is 0 Å². The molecule has 0 radical (unpaired) electrons. The summed E-state index contributed by atoms with van der Waals surface area (Å²) in [6.45, 7) is 3.84. The van der Waals surface area contributed by atoms with Gasteiger partial charge >= 0.3 is 6.03 Å². The summed E-state index contributed by atoms with van der Waals surface area (Å²) >= 11 is 0. The Balaban J connectivity index is 1.74. The number of likely N-dealkylation sites (tertiary alicyclic amines) is 1. The van der Waals surface area contributed by atoms with Crippen LogP contribution in [-0.2, 0) is 20.9 Å². The Hall–Kier alpha value is -2.90. The highest BCUT2D eigenvalue weighted by Crippen LogP contribution is 2.30. The minimum Gasteiger partial charge on any atom is -0.550 e. The number of amides is 4. The number of carboxylic acids is 1. The highest BCUT2D eigenvalue weighted by molar-refractivity contribution is 6.02. The number of nitrogens with zero attached hydrogens (tertiary/aromatic N) is 2. The molecule has 1 aromatic carbocycles. The van der Waals surface area contributed by atoms with E-state index in [1.54, 1.807) is 13.8 Å². The van der Waals surface area contributed by atoms with Gasteiger partial charge in [0.1, 0.15) is 6.04 Å². The molecule has 0 saturated carbocycles. The molecule has 2 fully saturated rings. The molecule has 4 amide bonds. The predicted octanol–water partition coefficient (Wildman–Crippen LogP) is 0.264. The van der Waals surface area contributed by atoms with Crippen molar-refractivity contribution in [3.63, 3.8) is 0 Å². The van der Waals surface area contributed by atoms with Crippen LogP contribution in [0.1, 0.15) is 38.7 Å². The van der Waals surface area contributed by atoms with Crippen LogP contribution in [0.15, 0.2) is 30.3 Å². The minimum atomic E-state index is -1.22. The summed E-state index contributed by atoms with van der Waals surface area (Å²) in [4.78, 5) is 51.8. The van der Waals surface area contributed by atoms with E-state index < -0.39 is 35.4 Å². The van der Waals surface area contributed by atoms with Gasteiger partial charge in [-0.1, -0.05) is 44.2 Å². The molecule has 0 aliphatic carbocycles. The van der Waals surface area contributed by atoms with E-state index in [9.17, 15) is 24.3 Å². The number of nitrogens with one attached hydrogen (secondary N) is 1. The fraction of sp³-hybridized carbons (Fsp3) is 0.500. The summed E-state index contributed by atoms with van der Waals surface area (Å²) in [6, 6.07) is 7.53. The zero-order chi connectivity index (χ0) is 20.5. The van der Waals surface area contributed by atoms with E-state index >= 15 is 0 Å². The lowest BCUT2D eigenvalue weighted by Gasteiger charge is -2.38. The Bertz CT molecular complexity index is 792. The second kappa shape index (κ2) is 7.61. The molecule has 0 spiro atoms. The van der Waals surface area contributed by atoms with Crippen LogP contribution in [0.2, 0.25) is 0 Å². The molecule has 8 heteroatoms. The normalized spacial score (nSPS) is 22.1. The van der Waals surface area contributed by atoms with Gasteiger partial charge in [-0.2, -0.15) is 0 Å². The second-order valence-corrected chi connectivity index (χ2v) is 8.18. The number of benzene rings is 1. The molecule has 0 bridgehead atoms. The molecule has 3 rings (SSSR count). The lowest BCUT2D eigenvalue weighted by Crippen LogP contribution is -2.64. The van der Waals surface area contributed by atoms with Crippen molar-refractivity contribution in [3.05, 3.63) is 35.9 Å². The highest BCUT2D eigenvalue weighted by Gasteiger charge is 2.49. The first kappa shape index (κ1) is 19.9. The van der Waals surface area contributed by atoms with Crippen molar-refractivity contribution < 1.29 is 24.3 Å². The van der Waals surface area contributed by atoms with Gasteiger partial charge in [-0.15, -0.1) is 0 Å². The Morgan fingerprint density at radius 1 is 1.18 bits per heavy atom. The zero-order valence-corrected chi connectivity index (χ0v) is 16.0. The largest absolute Gasteiger partial charge is 0.550 e. The third-order valence-electron chi connectivity index (χ3n) is 5.23. The van der Waals surface area contributed by atoms with Gasteiger partial charge in [-0.05, 0) is 23.8 Å². The molecule has 2 atom stereocenters. The third-order valence-corrected chi connectivity index (χ3v) is 5.23. The first-order chi connectivity index (χ1) is 13.2. The molecule has 0 unspecified atom stereocenters. The molecule has 0 aromatic heterocycles. The maximum Gasteiger partial charge on any atom is 0.324 e. The quantitative estimate of drug-likeness (QED) is 0.754. The SMILES string of the molecule is CC(C)(CC(=O)[O-])CC(=O)N1CC[C@H]2NC(=O)N(Cc3ccccc3)C(=O)[C@H]21. The number of fused-ring (bicyclic) bond motifs is 1. The third kappa shape index (κ3) is 4.16. The lowest BCUT2D eigenvalue weighted by atomic mass is 9.85. The summed E-state index contributed by atoms with van der Waals surface area (Å²) in [7, 11) is 0. The van der Waals surface area contributed by atoms with E-state index in [0.717, 1.165) is 10.5 Å². The van der Waals surface area contributed by atoms with E-state index in [1.165, 1.54) is 4.90 Å². The Morgan fingerprint density at radius 3 is 2.50 bits per heavy atom. The van der Waals surface area contributed by atoms with E-state index in [4.69, 9.17) is 0 Å². The molecule has 2 heterocycles. The van der Waals surface area contributed by atoms with Crippen LogP contribution in [0.5, 0.6) is 0 Å². The molecular formula is C20H24N3O5-. The van der Waals surface area contributed by atoms with Crippen LogP contribution >= 0.6 is 0 Å². The summed E-state index contributed by atoms with van der Waals surface area (Å²) in [5.74, 6) is -1.91. The van der Waals surface area contributed by atoms with Crippen molar-refractivity contribution in [2.45, 2.75) is 51.7 Å². The molecule has 1 aromatic rings. The van der Waals surface area contributed by atoms with E-state index in [0.29, 0.717) is 13.0 Å². The average molecular weight is 386 g/mol. The van der Waals surface area contributed by atoms with Crippen molar-refractivity contribution in [1.82, 2.24) is 15.1 Å². The van der Waals surface area contributed by atoms with Crippen LogP contribution in [0.25, 0.3) is 0 Å². The van der Waals surface area contributed by atoms with E-state index in [1.807, 2.05) is 30.3 Å². The fourth-order valence-corrected chi connectivity index (χ4v) is 3.90. The topological polar surface area (TPSA) is 110 Å². The molecular weight excluding hydrogens is 362 g/mol. The van der Waals surface area contributed by atoms with Crippen LogP contribution in [-0.4, -0.2) is 52.2 Å². The number of rotatable bonds is 6. The number of carboxylic acid groups (broad SMARTS) is 1. The average Bonchev–Trinajstić information content (AvgIpc) is 3.02. The Kier molecular flexibility index (Phi) is 5.40. The van der Waals surface area contributed by atoms with Crippen LogP contribution < -0.4 is 10.4 Å². The standard InChI is InChI=1S/C20H25N3O5/c1-20(2,11-16(25)26)10-15(24)22-9-8-14-17(22)18(27)23(19(28)21-14)12-13-6-4-3-5-7-13/h3-7,14,17H,8-12H2,1-2H3,(H,21,28)(H,25,26)/p-1/t14-,17+/m1/s1. The summed E-state index contributed by atoms with van der Waals surface area (Å²) in [5.41, 5.74) is 0.0361. The number of hydrogen-bond acceptors (Lipinski definition) is 5. The van der Waals surface area contributed by atoms with Crippen molar-refractivity contribution in [2.24, 2.45) is 5.41 Å². The molecule has 1 N–H and O–H groups in total. The van der Waals surface area contributed by atoms with Gasteiger partial charge in [0, 0.05) is 18.9 Å². The second-order valence-electron chi connectivity index (χ2n) is 8.18. The zero-order valence-electron chi connectivity index (χ0n) is 16.0. The number of carbonyl (C=O) groups excluding carboxylic acids is 4. The van der Waals surface area contributed by atoms with Gasteiger partial charge in [-0.3, -0.25) is 14.5 Å². The number of aliphatic carboxylic acids is 1. The van der Waals surface area contributed by atoms with Gasteiger partial charge in [0.05, 0.1) is 12.6 Å². The molecule has 2 saturated heterocycles. The van der Waals surface area contributed by atoms with E-state index in [-0.39, 0.29) is 25.3 Å². The maximum absolute atomic E-state index is 13.0. The van der Waals surface area contributed by atoms with Gasteiger partial charge < -0.3 is 20.1 Å². The van der Waals surface area contributed by atoms with Crippen molar-refractivity contribution in [2.75, 3.05) is 6.54 Å². The first-order valence-electron chi connectivity index (χ1n) is 9.33. The van der Waals surface area contributed by atoms with Crippen molar-refractivity contribution >= 4 is 23.8 Å². The lowest BCUT2D eigenvalue weighted by molar-refractivity contribution is -0.307. The Morgan fingerprint density at radius 2 is 1.86 bits per heavy atom. The van der Waals surface area contributed by atoms with Crippen LogP contribution in [0.4, 0.5) is 4.79 Å². The minimum absolute atomic E-state index is 0.00981. The molecule has 8 nitrogen and oxygen atoms in total. The number of imide groups is 1. The molecule has 150 valence electrons. The summed E-state index contributed by atoms with van der Waals surface area (Å²) in [5, 5.41) is 13.7. The first-order valence-corrected chi connectivity index (χ1v) is 9.33. The molecule has 2 aliphatic heterocycles. The summed E-state index contributed by atoms with van der Waals surface area (Å²) < 4.78 is 0.